The van der Waals surface area contributed by atoms with Gasteiger partial charge in [-0.25, -0.2) is 4.79 Å². The molecule has 0 saturated carbocycles. The van der Waals surface area contributed by atoms with Crippen LogP contribution in [0.5, 0.6) is 5.75 Å². The van der Waals surface area contributed by atoms with Gasteiger partial charge in [0.1, 0.15) is 5.75 Å². The zero-order valence-corrected chi connectivity index (χ0v) is 9.57. The van der Waals surface area contributed by atoms with E-state index in [1.807, 2.05) is 6.92 Å². The molecule has 0 fully saturated rings. The second-order valence-corrected chi connectivity index (χ2v) is 3.96. The summed E-state index contributed by atoms with van der Waals surface area (Å²) in [5.74, 6) is -0.598. The molecule has 0 amide bonds. The highest BCUT2D eigenvalue weighted by atomic mass is 35.5. The Morgan fingerprint density at radius 1 is 1.56 bits per heavy atom. The molecule has 0 aliphatic carbocycles. The minimum atomic E-state index is -1.03. The predicted molar refractivity (Wildman–Crippen MR) is 60.2 cm³/mol. The van der Waals surface area contributed by atoms with Crippen molar-refractivity contribution in [2.24, 2.45) is 5.92 Å². The third-order valence-electron chi connectivity index (χ3n) is 2.01. The lowest BCUT2D eigenvalue weighted by Gasteiger charge is -2.11. The third kappa shape index (κ3) is 3.40. The maximum absolute atomic E-state index is 10.6. The minimum absolute atomic E-state index is 0.00946. The Bertz CT molecular complexity index is 378. The Morgan fingerprint density at radius 3 is 2.75 bits per heavy atom. The molecule has 1 aromatic rings. The van der Waals surface area contributed by atoms with E-state index in [4.69, 9.17) is 26.6 Å². The number of benzene rings is 1. The van der Waals surface area contributed by atoms with Crippen LogP contribution in [0.1, 0.15) is 17.3 Å². The number of aromatic carboxylic acids is 1. The first-order valence-corrected chi connectivity index (χ1v) is 5.19. The number of rotatable bonds is 5. The van der Waals surface area contributed by atoms with Crippen LogP contribution in [0.3, 0.4) is 0 Å². The Kier molecular flexibility index (Phi) is 4.58. The van der Waals surface area contributed by atoms with E-state index in [0.717, 1.165) is 0 Å². The quantitative estimate of drug-likeness (QED) is 0.832. The topological polar surface area (TPSA) is 66.8 Å². The molecule has 0 heterocycles. The molecule has 0 saturated heterocycles. The molecule has 1 aromatic carbocycles. The van der Waals surface area contributed by atoms with Crippen molar-refractivity contribution in [3.05, 3.63) is 28.8 Å². The van der Waals surface area contributed by atoms with Crippen LogP contribution in [0.25, 0.3) is 0 Å². The summed E-state index contributed by atoms with van der Waals surface area (Å²) in [5.41, 5.74) is 0.118. The Labute approximate surface area is 98.4 Å². The first-order chi connectivity index (χ1) is 7.54. The number of hydrogen-bond donors (Lipinski definition) is 2. The molecular weight excluding hydrogens is 232 g/mol. The zero-order chi connectivity index (χ0) is 12.1. The lowest BCUT2D eigenvalue weighted by atomic mass is 10.2. The molecule has 0 aromatic heterocycles. The summed E-state index contributed by atoms with van der Waals surface area (Å²) in [4.78, 5) is 10.6. The van der Waals surface area contributed by atoms with Crippen molar-refractivity contribution >= 4 is 17.6 Å². The van der Waals surface area contributed by atoms with E-state index in [2.05, 4.69) is 0 Å². The normalized spacial score (nSPS) is 12.2. The third-order valence-corrected chi connectivity index (χ3v) is 2.31. The molecule has 0 radical (unpaired) electrons. The Hall–Kier alpha value is -1.26. The standard InChI is InChI=1S/C11H13ClO4/c1-7(5-13)6-16-10-3-2-8(11(14)15)4-9(10)12/h2-4,7,13H,5-6H2,1H3,(H,14,15). The number of aliphatic hydroxyl groups is 1. The summed E-state index contributed by atoms with van der Waals surface area (Å²) in [6.07, 6.45) is 0. The van der Waals surface area contributed by atoms with Gasteiger partial charge in [-0.2, -0.15) is 0 Å². The minimum Gasteiger partial charge on any atom is -0.492 e. The van der Waals surface area contributed by atoms with E-state index in [0.29, 0.717) is 12.4 Å². The van der Waals surface area contributed by atoms with Gasteiger partial charge < -0.3 is 14.9 Å². The average molecular weight is 245 g/mol. The first kappa shape index (κ1) is 12.8. The van der Waals surface area contributed by atoms with Crippen LogP contribution in [0.4, 0.5) is 0 Å². The monoisotopic (exact) mass is 244 g/mol. The fourth-order valence-electron chi connectivity index (χ4n) is 1.04. The summed E-state index contributed by atoms with van der Waals surface area (Å²) in [5, 5.41) is 17.8. The number of halogens is 1. The fourth-order valence-corrected chi connectivity index (χ4v) is 1.27. The van der Waals surface area contributed by atoms with Crippen LogP contribution in [0.2, 0.25) is 5.02 Å². The van der Waals surface area contributed by atoms with Gasteiger partial charge in [-0.05, 0) is 18.2 Å². The summed E-state index contributed by atoms with van der Waals surface area (Å²) < 4.78 is 5.34. The summed E-state index contributed by atoms with van der Waals surface area (Å²) in [6, 6.07) is 4.27. The maximum Gasteiger partial charge on any atom is 0.335 e. The van der Waals surface area contributed by atoms with E-state index >= 15 is 0 Å². The van der Waals surface area contributed by atoms with Crippen molar-refractivity contribution in [1.82, 2.24) is 0 Å². The Morgan fingerprint density at radius 2 is 2.25 bits per heavy atom. The zero-order valence-electron chi connectivity index (χ0n) is 8.81. The van der Waals surface area contributed by atoms with Gasteiger partial charge in [-0.1, -0.05) is 18.5 Å². The van der Waals surface area contributed by atoms with Gasteiger partial charge in [0.15, 0.2) is 0 Å². The van der Waals surface area contributed by atoms with Crippen LogP contribution in [-0.4, -0.2) is 29.4 Å². The van der Waals surface area contributed by atoms with E-state index in [1.165, 1.54) is 18.2 Å². The number of aliphatic hydroxyl groups excluding tert-OH is 1. The number of carbonyl (C=O) groups is 1. The van der Waals surface area contributed by atoms with Crippen molar-refractivity contribution in [1.29, 1.82) is 0 Å². The van der Waals surface area contributed by atoms with Crippen molar-refractivity contribution in [2.75, 3.05) is 13.2 Å². The number of hydrogen-bond acceptors (Lipinski definition) is 3. The summed E-state index contributed by atoms with van der Waals surface area (Å²) in [7, 11) is 0. The van der Waals surface area contributed by atoms with E-state index in [9.17, 15) is 4.79 Å². The van der Waals surface area contributed by atoms with Crippen LogP contribution in [0.15, 0.2) is 18.2 Å². The summed E-state index contributed by atoms with van der Waals surface area (Å²) in [6.45, 7) is 2.20. The van der Waals surface area contributed by atoms with Crippen LogP contribution in [0, 0.1) is 5.92 Å². The lowest BCUT2D eigenvalue weighted by Crippen LogP contribution is -2.12. The average Bonchev–Trinajstić information content (AvgIpc) is 2.26. The van der Waals surface area contributed by atoms with Gasteiger partial charge in [-0.3, -0.25) is 0 Å². The second kappa shape index (κ2) is 5.72. The van der Waals surface area contributed by atoms with Gasteiger partial charge in [0.25, 0.3) is 0 Å². The molecule has 4 nitrogen and oxygen atoms in total. The van der Waals surface area contributed by atoms with E-state index in [-0.39, 0.29) is 23.1 Å². The highest BCUT2D eigenvalue weighted by Gasteiger charge is 2.09. The molecule has 16 heavy (non-hydrogen) atoms. The molecule has 88 valence electrons. The van der Waals surface area contributed by atoms with Crippen LogP contribution in [-0.2, 0) is 0 Å². The van der Waals surface area contributed by atoms with Crippen molar-refractivity contribution in [3.63, 3.8) is 0 Å². The largest absolute Gasteiger partial charge is 0.492 e. The molecule has 1 unspecified atom stereocenters. The molecular formula is C11H13ClO4. The van der Waals surface area contributed by atoms with Crippen molar-refractivity contribution in [3.8, 4) is 5.75 Å². The van der Waals surface area contributed by atoms with Gasteiger partial charge in [0.05, 0.1) is 17.2 Å². The number of ether oxygens (including phenoxy) is 1. The predicted octanol–water partition coefficient (Wildman–Crippen LogP) is 2.05. The SMILES string of the molecule is CC(CO)COc1ccc(C(=O)O)cc1Cl. The molecule has 2 N–H and O–H groups in total. The van der Waals surface area contributed by atoms with E-state index in [1.54, 1.807) is 0 Å². The summed E-state index contributed by atoms with van der Waals surface area (Å²) >= 11 is 5.85. The highest BCUT2D eigenvalue weighted by molar-refractivity contribution is 6.32. The van der Waals surface area contributed by atoms with Gasteiger partial charge >= 0.3 is 5.97 Å². The molecule has 0 aliphatic rings. The van der Waals surface area contributed by atoms with Gasteiger partial charge in [0, 0.05) is 12.5 Å². The number of carboxylic acids is 1. The lowest BCUT2D eigenvalue weighted by molar-refractivity contribution is 0.0697. The van der Waals surface area contributed by atoms with Gasteiger partial charge in [-0.15, -0.1) is 0 Å². The second-order valence-electron chi connectivity index (χ2n) is 3.55. The molecule has 1 atom stereocenters. The number of carboxylic acid groups (broad SMARTS) is 1. The molecule has 0 aliphatic heterocycles. The molecule has 0 spiro atoms. The maximum atomic E-state index is 10.6. The fraction of sp³-hybridized carbons (Fsp3) is 0.364. The Balaban J connectivity index is 2.72. The molecule has 1 rings (SSSR count). The van der Waals surface area contributed by atoms with Crippen LogP contribution < -0.4 is 4.74 Å². The smallest absolute Gasteiger partial charge is 0.335 e. The molecule has 0 bridgehead atoms. The first-order valence-electron chi connectivity index (χ1n) is 4.81. The highest BCUT2D eigenvalue weighted by Crippen LogP contribution is 2.25. The van der Waals surface area contributed by atoms with Gasteiger partial charge in [0.2, 0.25) is 0 Å². The van der Waals surface area contributed by atoms with E-state index < -0.39 is 5.97 Å². The molecule has 5 heteroatoms. The van der Waals surface area contributed by atoms with Crippen LogP contribution >= 0.6 is 11.6 Å². The van der Waals surface area contributed by atoms with Crippen molar-refractivity contribution in [2.45, 2.75) is 6.92 Å². The van der Waals surface area contributed by atoms with Crippen molar-refractivity contribution < 1.29 is 19.7 Å².